The molecule has 3 rings (SSSR count). The monoisotopic (exact) mass is 308 g/mol. The largest absolute Gasteiger partial charge is 0.326 e. The average molecular weight is 309 g/mol. The lowest BCUT2D eigenvalue weighted by molar-refractivity contribution is -0.125. The number of halogens is 1. The summed E-state index contributed by atoms with van der Waals surface area (Å²) in [6, 6.07) is 6.36. The van der Waals surface area contributed by atoms with Crippen LogP contribution in [0.15, 0.2) is 18.2 Å². The summed E-state index contributed by atoms with van der Waals surface area (Å²) in [4.78, 5) is 12.6. The molecule has 1 amide bonds. The number of hydrogen-bond donors (Lipinski definition) is 2. The first kappa shape index (κ1) is 16.3. The second-order valence-electron chi connectivity index (χ2n) is 6.21. The zero-order chi connectivity index (χ0) is 14.0. The minimum Gasteiger partial charge on any atom is -0.326 e. The van der Waals surface area contributed by atoms with Crippen molar-refractivity contribution in [3.63, 3.8) is 0 Å². The fourth-order valence-electron chi connectivity index (χ4n) is 3.61. The molecule has 0 bridgehead atoms. The first-order valence-corrected chi connectivity index (χ1v) is 7.87. The predicted molar refractivity (Wildman–Crippen MR) is 88.9 cm³/mol. The quantitative estimate of drug-likeness (QED) is 0.894. The second kappa shape index (κ2) is 6.80. The number of carbonyl (C=O) groups is 1. The van der Waals surface area contributed by atoms with Gasteiger partial charge in [0.05, 0.1) is 0 Å². The number of nitrogens with one attached hydrogen (secondary N) is 2. The van der Waals surface area contributed by atoms with Crippen molar-refractivity contribution in [2.75, 3.05) is 11.9 Å². The predicted octanol–water partition coefficient (Wildman–Crippen LogP) is 3.66. The molecule has 21 heavy (non-hydrogen) atoms. The number of fused-ring (bicyclic) bond motifs is 1. The summed E-state index contributed by atoms with van der Waals surface area (Å²) < 4.78 is 0. The van der Waals surface area contributed by atoms with Gasteiger partial charge in [0, 0.05) is 17.6 Å². The summed E-state index contributed by atoms with van der Waals surface area (Å²) in [5.41, 5.74) is 3.57. The molecule has 0 atom stereocenters. The molecule has 2 N–H and O–H groups in total. The highest BCUT2D eigenvalue weighted by atomic mass is 35.5. The maximum atomic E-state index is 12.6. The maximum Gasteiger partial charge on any atom is 0.230 e. The Morgan fingerprint density at radius 2 is 2.05 bits per heavy atom. The van der Waals surface area contributed by atoms with Gasteiger partial charge in [0.15, 0.2) is 0 Å². The summed E-state index contributed by atoms with van der Waals surface area (Å²) >= 11 is 0. The van der Waals surface area contributed by atoms with Crippen molar-refractivity contribution < 1.29 is 4.79 Å². The molecule has 1 aromatic rings. The van der Waals surface area contributed by atoms with E-state index in [-0.39, 0.29) is 23.7 Å². The van der Waals surface area contributed by atoms with Gasteiger partial charge in [-0.25, -0.2) is 0 Å². The fraction of sp³-hybridized carbons (Fsp3) is 0.588. The lowest BCUT2D eigenvalue weighted by Gasteiger charge is -2.26. The van der Waals surface area contributed by atoms with Crippen LogP contribution < -0.4 is 10.6 Å². The molecule has 1 aliphatic carbocycles. The normalized spacial score (nSPS) is 19.5. The van der Waals surface area contributed by atoms with Crippen molar-refractivity contribution in [1.82, 2.24) is 5.32 Å². The lowest BCUT2D eigenvalue weighted by atomic mass is 9.82. The van der Waals surface area contributed by atoms with Crippen LogP contribution in [0.2, 0.25) is 0 Å². The van der Waals surface area contributed by atoms with Crippen molar-refractivity contribution >= 4 is 24.0 Å². The molecule has 2 aliphatic rings. The molecule has 116 valence electrons. The highest BCUT2D eigenvalue weighted by Gasteiger charge is 2.39. The molecular formula is C17H25ClN2O. The van der Waals surface area contributed by atoms with Gasteiger partial charge in [0.25, 0.3) is 0 Å². The third kappa shape index (κ3) is 3.24. The third-order valence-corrected chi connectivity index (χ3v) is 5.07. The van der Waals surface area contributed by atoms with Gasteiger partial charge in [0.2, 0.25) is 5.91 Å². The third-order valence-electron chi connectivity index (χ3n) is 5.07. The fourth-order valence-corrected chi connectivity index (χ4v) is 3.61. The van der Waals surface area contributed by atoms with E-state index in [1.54, 1.807) is 0 Å². The Morgan fingerprint density at radius 3 is 2.76 bits per heavy atom. The Kier molecular flexibility index (Phi) is 5.28. The van der Waals surface area contributed by atoms with Crippen LogP contribution in [0.5, 0.6) is 0 Å². The van der Waals surface area contributed by atoms with Crippen LogP contribution in [-0.4, -0.2) is 12.5 Å². The molecular weight excluding hydrogens is 284 g/mol. The molecule has 0 saturated heterocycles. The van der Waals surface area contributed by atoms with Crippen molar-refractivity contribution in [2.45, 2.75) is 52.0 Å². The lowest BCUT2D eigenvalue weighted by Crippen LogP contribution is -2.33. The molecule has 0 spiro atoms. The van der Waals surface area contributed by atoms with E-state index in [0.717, 1.165) is 44.5 Å². The van der Waals surface area contributed by atoms with Gasteiger partial charge in [-0.1, -0.05) is 25.8 Å². The van der Waals surface area contributed by atoms with E-state index in [0.29, 0.717) is 0 Å². The Morgan fingerprint density at radius 1 is 1.29 bits per heavy atom. The molecule has 3 nitrogen and oxygen atoms in total. The summed E-state index contributed by atoms with van der Waals surface area (Å²) in [5.74, 6) is 0.223. The minimum atomic E-state index is -0.117. The standard InChI is InChI=1S/C17H24N2O.ClH/c1-2-17(8-3-4-9-17)16(20)19-15-6-5-13-7-10-18-12-14(13)11-15;/h5-6,11,18H,2-4,7-10,12H2,1H3,(H,19,20);1H. The highest BCUT2D eigenvalue weighted by molar-refractivity contribution is 5.95. The topological polar surface area (TPSA) is 41.1 Å². The zero-order valence-electron chi connectivity index (χ0n) is 12.7. The average Bonchev–Trinajstić information content (AvgIpc) is 2.97. The van der Waals surface area contributed by atoms with Crippen LogP contribution in [0.1, 0.15) is 50.2 Å². The van der Waals surface area contributed by atoms with Gasteiger partial charge in [0.1, 0.15) is 0 Å². The van der Waals surface area contributed by atoms with E-state index < -0.39 is 0 Å². The van der Waals surface area contributed by atoms with Gasteiger partial charge >= 0.3 is 0 Å². The minimum absolute atomic E-state index is 0. The van der Waals surface area contributed by atoms with Crippen molar-refractivity contribution in [1.29, 1.82) is 0 Å². The Labute approximate surface area is 133 Å². The van der Waals surface area contributed by atoms with E-state index in [1.165, 1.54) is 24.0 Å². The van der Waals surface area contributed by atoms with Gasteiger partial charge in [-0.3, -0.25) is 4.79 Å². The van der Waals surface area contributed by atoms with E-state index in [1.807, 2.05) is 0 Å². The van der Waals surface area contributed by atoms with E-state index >= 15 is 0 Å². The zero-order valence-corrected chi connectivity index (χ0v) is 13.5. The van der Waals surface area contributed by atoms with Crippen molar-refractivity contribution in [2.24, 2.45) is 5.41 Å². The van der Waals surface area contributed by atoms with Gasteiger partial charge in [-0.05, 0) is 55.5 Å². The van der Waals surface area contributed by atoms with Gasteiger partial charge < -0.3 is 10.6 Å². The molecule has 0 radical (unpaired) electrons. The molecule has 0 aromatic heterocycles. The van der Waals surface area contributed by atoms with Gasteiger partial charge in [-0.2, -0.15) is 0 Å². The van der Waals surface area contributed by atoms with E-state index in [4.69, 9.17) is 0 Å². The summed E-state index contributed by atoms with van der Waals surface area (Å²) in [5, 5.41) is 6.54. The van der Waals surface area contributed by atoms with Crippen molar-refractivity contribution in [3.05, 3.63) is 29.3 Å². The van der Waals surface area contributed by atoms with Crippen LogP contribution >= 0.6 is 12.4 Å². The van der Waals surface area contributed by atoms with Gasteiger partial charge in [-0.15, -0.1) is 12.4 Å². The van der Waals surface area contributed by atoms with E-state index in [2.05, 4.69) is 35.8 Å². The number of hydrogen-bond acceptors (Lipinski definition) is 2. The van der Waals surface area contributed by atoms with Crippen molar-refractivity contribution in [3.8, 4) is 0 Å². The molecule has 1 aliphatic heterocycles. The molecule has 1 heterocycles. The summed E-state index contributed by atoms with van der Waals surface area (Å²) in [6.07, 6.45) is 6.50. The Bertz CT molecular complexity index is 510. The SMILES string of the molecule is CCC1(C(=O)Nc2ccc3c(c2)CNCC3)CCCC1.Cl. The Hall–Kier alpha value is -1.06. The second-order valence-corrected chi connectivity index (χ2v) is 6.21. The smallest absolute Gasteiger partial charge is 0.230 e. The van der Waals surface area contributed by atoms with Crippen LogP contribution in [0.25, 0.3) is 0 Å². The molecule has 1 saturated carbocycles. The number of rotatable bonds is 3. The maximum absolute atomic E-state index is 12.6. The summed E-state index contributed by atoms with van der Waals surface area (Å²) in [7, 11) is 0. The molecule has 1 aromatic carbocycles. The van der Waals surface area contributed by atoms with Crippen LogP contribution in [-0.2, 0) is 17.8 Å². The number of benzene rings is 1. The first-order chi connectivity index (χ1) is 9.73. The molecule has 4 heteroatoms. The molecule has 1 fully saturated rings. The number of carbonyl (C=O) groups excluding carboxylic acids is 1. The summed E-state index contributed by atoms with van der Waals surface area (Å²) in [6.45, 7) is 4.11. The number of anilines is 1. The van der Waals surface area contributed by atoms with E-state index in [9.17, 15) is 4.79 Å². The highest BCUT2D eigenvalue weighted by Crippen LogP contribution is 2.41. The molecule has 0 unspecified atom stereocenters. The van der Waals surface area contributed by atoms with Crippen LogP contribution in [0, 0.1) is 5.41 Å². The van der Waals surface area contributed by atoms with Crippen LogP contribution in [0.3, 0.4) is 0 Å². The number of amides is 1. The first-order valence-electron chi connectivity index (χ1n) is 7.87. The van der Waals surface area contributed by atoms with Crippen LogP contribution in [0.4, 0.5) is 5.69 Å². The Balaban J connectivity index is 0.00000161.